The summed E-state index contributed by atoms with van der Waals surface area (Å²) in [5.74, 6) is 0.724. The molecule has 0 aliphatic carbocycles. The third-order valence-corrected chi connectivity index (χ3v) is 3.64. The number of hydrogen-bond donors (Lipinski definition) is 1. The van der Waals surface area contributed by atoms with Crippen LogP contribution in [0.5, 0.6) is 11.5 Å². The Kier molecular flexibility index (Phi) is 4.28. The van der Waals surface area contributed by atoms with Crippen LogP contribution in [0.25, 0.3) is 0 Å². The third kappa shape index (κ3) is 3.18. The number of carbonyl (C=O) groups excluding carboxylic acids is 2. The lowest BCUT2D eigenvalue weighted by Crippen LogP contribution is -2.31. The smallest absolute Gasteiger partial charge is 0.325 e. The van der Waals surface area contributed by atoms with Crippen molar-refractivity contribution in [1.82, 2.24) is 5.32 Å². The summed E-state index contributed by atoms with van der Waals surface area (Å²) in [6.45, 7) is 1.87. The number of nitrogens with one attached hydrogen (secondary N) is 1. The number of ether oxygens (including phenoxy) is 2. The third-order valence-electron chi connectivity index (χ3n) is 3.64. The van der Waals surface area contributed by atoms with Gasteiger partial charge < -0.3 is 14.8 Å². The molecule has 0 spiro atoms. The molecule has 0 fully saturated rings. The van der Waals surface area contributed by atoms with Crippen LogP contribution in [0.2, 0.25) is 0 Å². The second-order valence-corrected chi connectivity index (χ2v) is 5.16. The lowest BCUT2D eigenvalue weighted by molar-refractivity contribution is -0.141. The van der Waals surface area contributed by atoms with Crippen LogP contribution in [0.4, 0.5) is 0 Å². The molecule has 0 unspecified atom stereocenters. The fraction of sp³-hybridized carbons (Fsp3) is 0.222. The summed E-state index contributed by atoms with van der Waals surface area (Å²) in [5.41, 5.74) is 2.37. The Balaban J connectivity index is 1.80. The van der Waals surface area contributed by atoms with E-state index in [0.29, 0.717) is 24.3 Å². The van der Waals surface area contributed by atoms with Crippen LogP contribution < -0.4 is 10.1 Å². The molecule has 1 aliphatic heterocycles. The highest BCUT2D eigenvalue weighted by Crippen LogP contribution is 2.37. The van der Waals surface area contributed by atoms with Gasteiger partial charge in [-0.25, -0.2) is 0 Å². The maximum Gasteiger partial charge on any atom is 0.325 e. The highest BCUT2D eigenvalue weighted by molar-refractivity contribution is 5.98. The van der Waals surface area contributed by atoms with E-state index in [9.17, 15) is 9.59 Å². The van der Waals surface area contributed by atoms with Crippen molar-refractivity contribution in [3.05, 3.63) is 59.2 Å². The molecule has 0 saturated heterocycles. The lowest BCUT2D eigenvalue weighted by Gasteiger charge is -2.22. The number of carbonyl (C=O) groups is 2. The minimum absolute atomic E-state index is 0.145. The average Bonchev–Trinajstić information content (AvgIpc) is 2.57. The molecule has 1 heterocycles. The standard InChI is InChI=1S/C18H17NO4/c1-2-22-17(20)11-19-18(21)13-7-5-9-16-14(13)10-12-6-3-4-8-15(12)23-16/h3-9H,2,10-11H2,1H3,(H,19,21). The molecule has 0 bridgehead atoms. The van der Waals surface area contributed by atoms with E-state index in [-0.39, 0.29) is 12.5 Å². The van der Waals surface area contributed by atoms with Crippen molar-refractivity contribution in [2.75, 3.05) is 13.2 Å². The molecule has 2 aromatic rings. The van der Waals surface area contributed by atoms with Crippen LogP contribution in [0.1, 0.15) is 28.4 Å². The first kappa shape index (κ1) is 15.1. The normalized spacial score (nSPS) is 11.7. The first-order chi connectivity index (χ1) is 11.2. The van der Waals surface area contributed by atoms with E-state index in [1.807, 2.05) is 30.3 Å². The van der Waals surface area contributed by atoms with Crippen molar-refractivity contribution in [3.63, 3.8) is 0 Å². The zero-order valence-corrected chi connectivity index (χ0v) is 12.8. The monoisotopic (exact) mass is 311 g/mol. The van der Waals surface area contributed by atoms with Gasteiger partial charge in [0, 0.05) is 17.5 Å². The summed E-state index contributed by atoms with van der Waals surface area (Å²) >= 11 is 0. The van der Waals surface area contributed by atoms with E-state index >= 15 is 0 Å². The van der Waals surface area contributed by atoms with E-state index in [1.165, 1.54) is 0 Å². The molecule has 5 heteroatoms. The number of hydrogen-bond acceptors (Lipinski definition) is 4. The number of benzene rings is 2. The number of para-hydroxylation sites is 1. The van der Waals surface area contributed by atoms with Gasteiger partial charge in [0.15, 0.2) is 0 Å². The van der Waals surface area contributed by atoms with Crippen LogP contribution in [0.15, 0.2) is 42.5 Å². The molecule has 1 aliphatic rings. The molecular formula is C18H17NO4. The summed E-state index contributed by atoms with van der Waals surface area (Å²) in [6, 6.07) is 13.1. The first-order valence-electron chi connectivity index (χ1n) is 7.50. The average molecular weight is 311 g/mol. The topological polar surface area (TPSA) is 64.6 Å². The summed E-state index contributed by atoms with van der Waals surface area (Å²) in [7, 11) is 0. The minimum atomic E-state index is -0.452. The predicted octanol–water partition coefficient (Wildman–Crippen LogP) is 2.68. The molecule has 0 saturated carbocycles. The van der Waals surface area contributed by atoms with E-state index in [2.05, 4.69) is 5.32 Å². The number of fused-ring (bicyclic) bond motifs is 2. The maximum absolute atomic E-state index is 12.4. The van der Waals surface area contributed by atoms with Gasteiger partial charge in [-0.2, -0.15) is 0 Å². The largest absolute Gasteiger partial charge is 0.465 e. The van der Waals surface area contributed by atoms with Crippen LogP contribution >= 0.6 is 0 Å². The molecule has 0 atom stereocenters. The molecule has 118 valence electrons. The van der Waals surface area contributed by atoms with Crippen molar-refractivity contribution in [3.8, 4) is 11.5 Å². The second-order valence-electron chi connectivity index (χ2n) is 5.16. The van der Waals surface area contributed by atoms with Crippen molar-refractivity contribution >= 4 is 11.9 Å². The Morgan fingerprint density at radius 1 is 1.13 bits per heavy atom. The molecule has 3 rings (SSSR count). The Bertz CT molecular complexity index is 754. The van der Waals surface area contributed by atoms with Gasteiger partial charge in [0.1, 0.15) is 18.0 Å². The molecule has 1 amide bonds. The fourth-order valence-electron chi connectivity index (χ4n) is 2.57. The van der Waals surface area contributed by atoms with Gasteiger partial charge in [-0.15, -0.1) is 0 Å². The molecule has 5 nitrogen and oxygen atoms in total. The molecule has 0 aromatic heterocycles. The van der Waals surface area contributed by atoms with Crippen molar-refractivity contribution in [2.45, 2.75) is 13.3 Å². The summed E-state index contributed by atoms with van der Waals surface area (Å²) in [4.78, 5) is 23.7. The van der Waals surface area contributed by atoms with Crippen LogP contribution in [0, 0.1) is 0 Å². The molecule has 23 heavy (non-hydrogen) atoms. The van der Waals surface area contributed by atoms with Crippen LogP contribution in [-0.2, 0) is 16.0 Å². The minimum Gasteiger partial charge on any atom is -0.465 e. The van der Waals surface area contributed by atoms with E-state index < -0.39 is 5.97 Å². The van der Waals surface area contributed by atoms with Crippen molar-refractivity contribution in [2.24, 2.45) is 0 Å². The first-order valence-corrected chi connectivity index (χ1v) is 7.50. The summed E-state index contributed by atoms with van der Waals surface area (Å²) in [5, 5.41) is 2.59. The number of rotatable bonds is 4. The molecule has 0 radical (unpaired) electrons. The second kappa shape index (κ2) is 6.52. The van der Waals surface area contributed by atoms with Gasteiger partial charge in [0.2, 0.25) is 0 Å². The Morgan fingerprint density at radius 2 is 1.91 bits per heavy atom. The highest BCUT2D eigenvalue weighted by atomic mass is 16.5. The van der Waals surface area contributed by atoms with Crippen molar-refractivity contribution < 1.29 is 19.1 Å². The van der Waals surface area contributed by atoms with Gasteiger partial charge >= 0.3 is 5.97 Å². The summed E-state index contributed by atoms with van der Waals surface area (Å²) in [6.07, 6.45) is 0.620. The van der Waals surface area contributed by atoms with Crippen LogP contribution in [0.3, 0.4) is 0 Å². The van der Waals surface area contributed by atoms with E-state index in [4.69, 9.17) is 9.47 Å². The Hall–Kier alpha value is -2.82. The van der Waals surface area contributed by atoms with Gasteiger partial charge in [0.25, 0.3) is 5.91 Å². The van der Waals surface area contributed by atoms with Gasteiger partial charge in [-0.05, 0) is 30.7 Å². The van der Waals surface area contributed by atoms with Gasteiger partial charge in [-0.3, -0.25) is 9.59 Å². The fourth-order valence-corrected chi connectivity index (χ4v) is 2.57. The Labute approximate surface area is 134 Å². The quantitative estimate of drug-likeness (QED) is 0.752. The van der Waals surface area contributed by atoms with Crippen molar-refractivity contribution in [1.29, 1.82) is 0 Å². The van der Waals surface area contributed by atoms with Crippen LogP contribution in [-0.4, -0.2) is 25.0 Å². The number of esters is 1. The van der Waals surface area contributed by atoms with Gasteiger partial charge in [0.05, 0.1) is 6.61 Å². The highest BCUT2D eigenvalue weighted by Gasteiger charge is 2.22. The molecule has 1 N–H and O–H groups in total. The van der Waals surface area contributed by atoms with Gasteiger partial charge in [-0.1, -0.05) is 24.3 Å². The van der Waals surface area contributed by atoms with E-state index in [0.717, 1.165) is 16.9 Å². The lowest BCUT2D eigenvalue weighted by atomic mass is 9.95. The number of amides is 1. The molecule has 2 aromatic carbocycles. The SMILES string of the molecule is CCOC(=O)CNC(=O)c1cccc2c1Cc1ccccc1O2. The zero-order valence-electron chi connectivity index (χ0n) is 12.8. The van der Waals surface area contributed by atoms with E-state index in [1.54, 1.807) is 19.1 Å². The maximum atomic E-state index is 12.4. The molecular weight excluding hydrogens is 294 g/mol. The predicted molar refractivity (Wildman–Crippen MR) is 84.7 cm³/mol. The zero-order chi connectivity index (χ0) is 16.2. The Morgan fingerprint density at radius 3 is 2.74 bits per heavy atom. The summed E-state index contributed by atoms with van der Waals surface area (Å²) < 4.78 is 10.7.